The normalized spacial score (nSPS) is 19.1. The van der Waals surface area contributed by atoms with Crippen LogP contribution in [0.15, 0.2) is 0 Å². The van der Waals surface area contributed by atoms with Crippen LogP contribution in [0.4, 0.5) is 0 Å². The van der Waals surface area contributed by atoms with Gasteiger partial charge < -0.3 is 5.73 Å². The lowest BCUT2D eigenvalue weighted by atomic mass is 10.1. The molecule has 2 N–H and O–H groups in total. The summed E-state index contributed by atoms with van der Waals surface area (Å²) in [4.78, 5) is 0. The van der Waals surface area contributed by atoms with E-state index in [9.17, 15) is 8.42 Å². The van der Waals surface area contributed by atoms with Crippen LogP contribution in [0.25, 0.3) is 0 Å². The lowest BCUT2D eigenvalue weighted by Crippen LogP contribution is -2.21. The summed E-state index contributed by atoms with van der Waals surface area (Å²) in [5.41, 5.74) is 5.95. The van der Waals surface area contributed by atoms with Gasteiger partial charge >= 0.3 is 0 Å². The number of unbranched alkanes of at least 4 members (excludes halogenated alkanes) is 2. The molecular formula is C11H23NO2S. The van der Waals surface area contributed by atoms with Gasteiger partial charge in [0.1, 0.15) is 9.84 Å². The molecule has 0 amide bonds. The Balaban J connectivity index is 1.97. The van der Waals surface area contributed by atoms with Crippen LogP contribution in [0, 0.1) is 5.92 Å². The molecule has 1 unspecified atom stereocenters. The summed E-state index contributed by atoms with van der Waals surface area (Å²) in [7, 11) is -2.76. The molecule has 4 heteroatoms. The second-order valence-electron chi connectivity index (χ2n) is 4.59. The molecule has 0 heterocycles. The first-order chi connectivity index (χ1) is 7.05. The number of rotatable bonds is 8. The Kier molecular flexibility index (Phi) is 5.06. The van der Waals surface area contributed by atoms with Crippen molar-refractivity contribution in [1.29, 1.82) is 0 Å². The second kappa shape index (κ2) is 5.85. The molecule has 90 valence electrons. The number of nitrogens with two attached hydrogens (primary N) is 1. The van der Waals surface area contributed by atoms with Gasteiger partial charge in [-0.1, -0.05) is 19.8 Å². The van der Waals surface area contributed by atoms with Crippen LogP contribution in [0.2, 0.25) is 0 Å². The van der Waals surface area contributed by atoms with Gasteiger partial charge in [0.25, 0.3) is 0 Å². The topological polar surface area (TPSA) is 60.2 Å². The van der Waals surface area contributed by atoms with E-state index in [1.54, 1.807) is 6.92 Å². The minimum absolute atomic E-state index is 0.272. The van der Waals surface area contributed by atoms with Crippen LogP contribution in [0.5, 0.6) is 0 Å². The Morgan fingerprint density at radius 2 is 1.93 bits per heavy atom. The number of hydrogen-bond acceptors (Lipinski definition) is 3. The van der Waals surface area contributed by atoms with Crippen molar-refractivity contribution < 1.29 is 8.42 Å². The van der Waals surface area contributed by atoms with Crippen LogP contribution in [-0.2, 0) is 9.84 Å². The maximum absolute atomic E-state index is 11.2. The van der Waals surface area contributed by atoms with Crippen molar-refractivity contribution >= 4 is 9.84 Å². The zero-order chi connectivity index (χ0) is 11.3. The van der Waals surface area contributed by atoms with E-state index < -0.39 is 9.84 Å². The van der Waals surface area contributed by atoms with Crippen molar-refractivity contribution in [2.45, 2.75) is 51.5 Å². The van der Waals surface area contributed by atoms with Gasteiger partial charge in [0, 0.05) is 11.8 Å². The van der Waals surface area contributed by atoms with E-state index in [4.69, 9.17) is 5.73 Å². The average Bonchev–Trinajstić information content (AvgIpc) is 3.00. The van der Waals surface area contributed by atoms with Gasteiger partial charge in [-0.2, -0.15) is 0 Å². The fourth-order valence-electron chi connectivity index (χ4n) is 1.78. The highest BCUT2D eigenvalue weighted by Gasteiger charge is 2.27. The summed E-state index contributed by atoms with van der Waals surface area (Å²) in [5.74, 6) is 1.39. The third kappa shape index (κ3) is 5.52. The minimum Gasteiger partial charge on any atom is -0.327 e. The Bertz CT molecular complexity index is 270. The van der Waals surface area contributed by atoms with E-state index in [0.29, 0.717) is 11.8 Å². The second-order valence-corrected chi connectivity index (χ2v) is 7.06. The lowest BCUT2D eigenvalue weighted by Gasteiger charge is -2.09. The van der Waals surface area contributed by atoms with Crippen molar-refractivity contribution in [2.24, 2.45) is 11.7 Å². The van der Waals surface area contributed by atoms with Gasteiger partial charge in [0.2, 0.25) is 0 Å². The standard InChI is InChI=1S/C11H23NO2S/c1-2-15(13,14)9-5-3-4-6-11(12)10-7-8-10/h10-11H,2-9,12H2,1H3. The summed E-state index contributed by atoms with van der Waals surface area (Å²) in [6, 6.07) is 0.368. The molecule has 0 bridgehead atoms. The van der Waals surface area contributed by atoms with Gasteiger partial charge in [-0.15, -0.1) is 0 Å². The minimum atomic E-state index is -2.76. The SMILES string of the molecule is CCS(=O)(=O)CCCCCC(N)C1CC1. The fourth-order valence-corrected chi connectivity index (χ4v) is 2.72. The van der Waals surface area contributed by atoms with Gasteiger partial charge in [-0.3, -0.25) is 0 Å². The van der Waals surface area contributed by atoms with Crippen molar-refractivity contribution in [3.8, 4) is 0 Å². The van der Waals surface area contributed by atoms with Crippen LogP contribution >= 0.6 is 0 Å². The third-order valence-corrected chi connectivity index (χ3v) is 4.95. The first kappa shape index (κ1) is 13.0. The molecule has 1 aliphatic carbocycles. The van der Waals surface area contributed by atoms with Crippen molar-refractivity contribution in [3.05, 3.63) is 0 Å². The molecule has 15 heavy (non-hydrogen) atoms. The zero-order valence-electron chi connectivity index (χ0n) is 9.61. The van der Waals surface area contributed by atoms with E-state index >= 15 is 0 Å². The molecule has 1 atom stereocenters. The number of sulfone groups is 1. The molecule has 0 aromatic rings. The van der Waals surface area contributed by atoms with Crippen LogP contribution in [0.1, 0.15) is 45.4 Å². The van der Waals surface area contributed by atoms with Crippen LogP contribution < -0.4 is 5.73 Å². The Morgan fingerprint density at radius 3 is 2.47 bits per heavy atom. The largest absolute Gasteiger partial charge is 0.327 e. The molecule has 0 radical (unpaired) electrons. The molecule has 0 spiro atoms. The van der Waals surface area contributed by atoms with E-state index in [1.807, 2.05) is 0 Å². The predicted molar refractivity (Wildman–Crippen MR) is 63.5 cm³/mol. The summed E-state index contributed by atoms with van der Waals surface area (Å²) in [6.07, 6.45) is 6.54. The molecule has 0 aromatic carbocycles. The van der Waals surface area contributed by atoms with E-state index in [2.05, 4.69) is 0 Å². The number of hydrogen-bond donors (Lipinski definition) is 1. The Labute approximate surface area is 93.3 Å². The van der Waals surface area contributed by atoms with Gasteiger partial charge in [-0.25, -0.2) is 8.42 Å². The molecular weight excluding hydrogens is 210 g/mol. The van der Waals surface area contributed by atoms with Crippen molar-refractivity contribution in [2.75, 3.05) is 11.5 Å². The zero-order valence-corrected chi connectivity index (χ0v) is 10.4. The molecule has 0 saturated heterocycles. The van der Waals surface area contributed by atoms with Crippen molar-refractivity contribution in [3.63, 3.8) is 0 Å². The van der Waals surface area contributed by atoms with Crippen molar-refractivity contribution in [1.82, 2.24) is 0 Å². The van der Waals surface area contributed by atoms with E-state index in [-0.39, 0.29) is 5.75 Å². The van der Waals surface area contributed by atoms with Gasteiger partial charge in [0.05, 0.1) is 5.75 Å². The highest BCUT2D eigenvalue weighted by atomic mass is 32.2. The fraction of sp³-hybridized carbons (Fsp3) is 1.00. The summed E-state index contributed by atoms with van der Waals surface area (Å²) in [6.45, 7) is 1.71. The molecule has 1 fully saturated rings. The maximum Gasteiger partial charge on any atom is 0.150 e. The highest BCUT2D eigenvalue weighted by Crippen LogP contribution is 2.33. The highest BCUT2D eigenvalue weighted by molar-refractivity contribution is 7.91. The maximum atomic E-state index is 11.2. The Hall–Kier alpha value is -0.0900. The first-order valence-electron chi connectivity index (χ1n) is 6.01. The summed E-state index contributed by atoms with van der Waals surface area (Å²) in [5, 5.41) is 0. The van der Waals surface area contributed by atoms with Gasteiger partial charge in [0.15, 0.2) is 0 Å². The average molecular weight is 233 g/mol. The smallest absolute Gasteiger partial charge is 0.150 e. The quantitative estimate of drug-likeness (QED) is 0.649. The summed E-state index contributed by atoms with van der Waals surface area (Å²) >= 11 is 0. The predicted octanol–water partition coefficient (Wildman–Crippen LogP) is 1.72. The Morgan fingerprint density at radius 1 is 1.27 bits per heavy atom. The lowest BCUT2D eigenvalue weighted by molar-refractivity contribution is 0.512. The van der Waals surface area contributed by atoms with Crippen LogP contribution in [-0.4, -0.2) is 26.0 Å². The summed E-state index contributed by atoms with van der Waals surface area (Å²) < 4.78 is 22.4. The van der Waals surface area contributed by atoms with Crippen LogP contribution in [0.3, 0.4) is 0 Å². The van der Waals surface area contributed by atoms with E-state index in [1.165, 1.54) is 12.8 Å². The molecule has 0 aliphatic heterocycles. The first-order valence-corrected chi connectivity index (χ1v) is 7.83. The molecule has 1 aliphatic rings. The molecule has 0 aromatic heterocycles. The molecule has 3 nitrogen and oxygen atoms in total. The van der Waals surface area contributed by atoms with E-state index in [0.717, 1.165) is 31.6 Å². The molecule has 1 saturated carbocycles. The molecule has 1 rings (SSSR count). The monoisotopic (exact) mass is 233 g/mol. The van der Waals surface area contributed by atoms with Gasteiger partial charge in [-0.05, 0) is 31.6 Å². The third-order valence-electron chi connectivity index (χ3n) is 3.16.